The second-order valence-electron chi connectivity index (χ2n) is 4.44. The first-order valence-corrected chi connectivity index (χ1v) is 5.43. The number of rotatable bonds is 2. The summed E-state index contributed by atoms with van der Waals surface area (Å²) in [5, 5.41) is 0. The smallest absolute Gasteiger partial charge is 0.169 e. The third-order valence-electron chi connectivity index (χ3n) is 3.43. The number of Topliss-reactive ketones (excluding diaryl/α,β-unsaturated/α-hetero) is 1. The van der Waals surface area contributed by atoms with Gasteiger partial charge >= 0.3 is 0 Å². The first-order chi connectivity index (χ1) is 7.11. The molecule has 0 amide bonds. The van der Waals surface area contributed by atoms with E-state index in [0.29, 0.717) is 5.92 Å². The number of aryl methyl sites for hydroxylation is 2. The van der Waals surface area contributed by atoms with Gasteiger partial charge in [0.15, 0.2) is 5.78 Å². The molecular formula is C12H16N2O. The monoisotopic (exact) mass is 204 g/mol. The molecule has 1 saturated carbocycles. The lowest BCUT2D eigenvalue weighted by Gasteiger charge is -2.32. The fourth-order valence-electron chi connectivity index (χ4n) is 2.19. The van der Waals surface area contributed by atoms with Crippen molar-refractivity contribution in [2.45, 2.75) is 33.6 Å². The van der Waals surface area contributed by atoms with E-state index in [2.05, 4.69) is 16.9 Å². The SMILES string of the molecule is Cc1ncnc(C)c1C(=O)C1CCC1C. The topological polar surface area (TPSA) is 42.9 Å². The summed E-state index contributed by atoms with van der Waals surface area (Å²) >= 11 is 0. The number of ketones is 1. The predicted molar refractivity (Wildman–Crippen MR) is 57.7 cm³/mol. The highest BCUT2D eigenvalue weighted by atomic mass is 16.1. The average molecular weight is 204 g/mol. The van der Waals surface area contributed by atoms with Crippen molar-refractivity contribution in [1.82, 2.24) is 9.97 Å². The maximum Gasteiger partial charge on any atom is 0.169 e. The zero-order valence-electron chi connectivity index (χ0n) is 9.45. The summed E-state index contributed by atoms with van der Waals surface area (Å²) in [5.74, 6) is 0.967. The Hall–Kier alpha value is -1.25. The second-order valence-corrected chi connectivity index (χ2v) is 4.44. The Morgan fingerprint density at radius 2 is 1.87 bits per heavy atom. The van der Waals surface area contributed by atoms with E-state index in [1.165, 1.54) is 12.7 Å². The number of hydrogen-bond acceptors (Lipinski definition) is 3. The van der Waals surface area contributed by atoms with Crippen LogP contribution in [0.25, 0.3) is 0 Å². The van der Waals surface area contributed by atoms with Gasteiger partial charge < -0.3 is 0 Å². The van der Waals surface area contributed by atoms with Crippen molar-refractivity contribution in [1.29, 1.82) is 0 Å². The van der Waals surface area contributed by atoms with Crippen molar-refractivity contribution < 1.29 is 4.79 Å². The van der Waals surface area contributed by atoms with Gasteiger partial charge in [0, 0.05) is 5.92 Å². The van der Waals surface area contributed by atoms with Gasteiger partial charge in [-0.05, 0) is 32.6 Å². The molecule has 1 fully saturated rings. The van der Waals surface area contributed by atoms with Gasteiger partial charge in [-0.1, -0.05) is 6.92 Å². The zero-order valence-corrected chi connectivity index (χ0v) is 9.45. The predicted octanol–water partition coefficient (Wildman–Crippen LogP) is 2.32. The van der Waals surface area contributed by atoms with E-state index in [0.717, 1.165) is 23.4 Å². The molecule has 2 unspecified atom stereocenters. The van der Waals surface area contributed by atoms with Crippen LogP contribution in [0.5, 0.6) is 0 Å². The molecule has 2 atom stereocenters. The molecule has 1 aromatic rings. The quantitative estimate of drug-likeness (QED) is 0.694. The Balaban J connectivity index is 2.33. The van der Waals surface area contributed by atoms with Gasteiger partial charge in [0.05, 0.1) is 17.0 Å². The highest BCUT2D eigenvalue weighted by Crippen LogP contribution is 2.36. The lowest BCUT2D eigenvalue weighted by molar-refractivity contribution is 0.0761. The Morgan fingerprint density at radius 3 is 2.27 bits per heavy atom. The highest BCUT2D eigenvalue weighted by molar-refractivity contribution is 6.00. The van der Waals surface area contributed by atoms with E-state index < -0.39 is 0 Å². The fourth-order valence-corrected chi connectivity index (χ4v) is 2.19. The molecule has 1 heterocycles. The molecule has 1 aliphatic carbocycles. The van der Waals surface area contributed by atoms with Crippen LogP contribution in [-0.2, 0) is 0 Å². The largest absolute Gasteiger partial charge is 0.294 e. The van der Waals surface area contributed by atoms with Crippen LogP contribution in [0.3, 0.4) is 0 Å². The summed E-state index contributed by atoms with van der Waals surface area (Å²) in [4.78, 5) is 20.4. The van der Waals surface area contributed by atoms with E-state index >= 15 is 0 Å². The number of nitrogens with zero attached hydrogens (tertiary/aromatic N) is 2. The van der Waals surface area contributed by atoms with Crippen molar-refractivity contribution >= 4 is 5.78 Å². The first-order valence-electron chi connectivity index (χ1n) is 5.43. The Bertz CT molecular complexity index is 380. The van der Waals surface area contributed by atoms with Crippen molar-refractivity contribution in [3.8, 4) is 0 Å². The normalized spacial score (nSPS) is 24.7. The van der Waals surface area contributed by atoms with Gasteiger partial charge in [0.2, 0.25) is 0 Å². The number of hydrogen-bond donors (Lipinski definition) is 0. The van der Waals surface area contributed by atoms with E-state index in [1.54, 1.807) is 0 Å². The van der Waals surface area contributed by atoms with Gasteiger partial charge in [-0.15, -0.1) is 0 Å². The molecular weight excluding hydrogens is 188 g/mol. The summed E-state index contributed by atoms with van der Waals surface area (Å²) in [5.41, 5.74) is 2.37. The lowest BCUT2D eigenvalue weighted by Crippen LogP contribution is -2.32. The van der Waals surface area contributed by atoms with Gasteiger partial charge in [0.1, 0.15) is 6.33 Å². The summed E-state index contributed by atoms with van der Waals surface area (Å²) < 4.78 is 0. The Morgan fingerprint density at radius 1 is 1.27 bits per heavy atom. The van der Waals surface area contributed by atoms with Crippen LogP contribution in [0.15, 0.2) is 6.33 Å². The van der Waals surface area contributed by atoms with Crippen LogP contribution in [0.2, 0.25) is 0 Å². The van der Waals surface area contributed by atoms with Gasteiger partial charge in [0.25, 0.3) is 0 Å². The molecule has 0 N–H and O–H groups in total. The minimum atomic E-state index is 0.202. The highest BCUT2D eigenvalue weighted by Gasteiger charge is 2.35. The van der Waals surface area contributed by atoms with Gasteiger partial charge in [-0.3, -0.25) is 4.79 Å². The summed E-state index contributed by atoms with van der Waals surface area (Å²) in [6, 6.07) is 0. The van der Waals surface area contributed by atoms with E-state index in [1.807, 2.05) is 13.8 Å². The molecule has 0 aliphatic heterocycles. The maximum absolute atomic E-state index is 12.2. The standard InChI is InChI=1S/C12H16N2O/c1-7-4-5-10(7)12(15)11-8(2)13-6-14-9(11)3/h6-7,10H,4-5H2,1-3H3. The molecule has 0 saturated heterocycles. The van der Waals surface area contributed by atoms with Crippen LogP contribution in [-0.4, -0.2) is 15.8 Å². The molecule has 2 rings (SSSR count). The molecule has 3 nitrogen and oxygen atoms in total. The summed E-state index contributed by atoms with van der Waals surface area (Å²) in [7, 11) is 0. The minimum absolute atomic E-state index is 0.202. The van der Waals surface area contributed by atoms with Crippen LogP contribution in [0, 0.1) is 25.7 Å². The number of aromatic nitrogens is 2. The van der Waals surface area contributed by atoms with Crippen LogP contribution >= 0.6 is 0 Å². The number of carbonyl (C=O) groups excluding carboxylic acids is 1. The molecule has 0 bridgehead atoms. The van der Waals surface area contributed by atoms with Crippen molar-refractivity contribution in [2.75, 3.05) is 0 Å². The van der Waals surface area contributed by atoms with Crippen LogP contribution in [0.4, 0.5) is 0 Å². The molecule has 1 aromatic heterocycles. The van der Waals surface area contributed by atoms with Gasteiger partial charge in [-0.25, -0.2) is 9.97 Å². The molecule has 0 spiro atoms. The number of carbonyl (C=O) groups is 1. The summed E-state index contributed by atoms with van der Waals surface area (Å²) in [6.07, 6.45) is 3.71. The lowest BCUT2D eigenvalue weighted by atomic mass is 9.71. The molecule has 80 valence electrons. The third-order valence-corrected chi connectivity index (χ3v) is 3.43. The molecule has 3 heteroatoms. The second kappa shape index (κ2) is 3.72. The van der Waals surface area contributed by atoms with Gasteiger partial charge in [-0.2, -0.15) is 0 Å². The van der Waals surface area contributed by atoms with E-state index in [9.17, 15) is 4.79 Å². The molecule has 0 radical (unpaired) electrons. The average Bonchev–Trinajstić information content (AvgIpc) is 2.15. The molecule has 15 heavy (non-hydrogen) atoms. The third kappa shape index (κ3) is 1.66. The first kappa shape index (κ1) is 10.3. The maximum atomic E-state index is 12.2. The molecule has 0 aromatic carbocycles. The minimum Gasteiger partial charge on any atom is -0.294 e. The van der Waals surface area contributed by atoms with E-state index in [-0.39, 0.29) is 11.7 Å². The van der Waals surface area contributed by atoms with Crippen LogP contribution < -0.4 is 0 Å². The summed E-state index contributed by atoms with van der Waals surface area (Å²) in [6.45, 7) is 5.90. The van der Waals surface area contributed by atoms with Crippen LogP contribution in [0.1, 0.15) is 41.5 Å². The molecule has 1 aliphatic rings. The van der Waals surface area contributed by atoms with Crippen molar-refractivity contribution in [3.63, 3.8) is 0 Å². The Kier molecular flexibility index (Phi) is 2.55. The van der Waals surface area contributed by atoms with E-state index in [4.69, 9.17) is 0 Å². The Labute approximate surface area is 89.9 Å². The fraction of sp³-hybridized carbons (Fsp3) is 0.583. The van der Waals surface area contributed by atoms with Crippen molar-refractivity contribution in [2.24, 2.45) is 11.8 Å². The zero-order chi connectivity index (χ0) is 11.0. The van der Waals surface area contributed by atoms with Crippen molar-refractivity contribution in [3.05, 3.63) is 23.3 Å².